The molecule has 0 aromatic rings. The van der Waals surface area contributed by atoms with Crippen LogP contribution in [0.5, 0.6) is 0 Å². The van der Waals surface area contributed by atoms with Crippen LogP contribution in [-0.4, -0.2) is 38.1 Å². The molecule has 1 atom stereocenters. The van der Waals surface area contributed by atoms with Crippen LogP contribution in [0.2, 0.25) is 0 Å². The Morgan fingerprint density at radius 3 is 2.69 bits per heavy atom. The van der Waals surface area contributed by atoms with Gasteiger partial charge >= 0.3 is 0 Å². The topological polar surface area (TPSA) is 15.3 Å². The smallest absolute Gasteiger partial charge is 0.00187 e. The van der Waals surface area contributed by atoms with Crippen molar-refractivity contribution in [3.05, 3.63) is 0 Å². The Balaban J connectivity index is 1.64. The molecule has 1 aliphatic heterocycles. The van der Waals surface area contributed by atoms with Gasteiger partial charge in [-0.1, -0.05) is 13.8 Å². The summed E-state index contributed by atoms with van der Waals surface area (Å²) in [6.07, 6.45) is 5.70. The van der Waals surface area contributed by atoms with Gasteiger partial charge in [0.15, 0.2) is 0 Å². The highest BCUT2D eigenvalue weighted by molar-refractivity contribution is 4.97. The first kappa shape index (κ1) is 12.4. The third-order valence-corrected chi connectivity index (χ3v) is 4.75. The number of nitrogens with zero attached hydrogens (tertiary/aromatic N) is 1. The molecule has 1 aliphatic carbocycles. The maximum Gasteiger partial charge on any atom is 0.00187 e. The zero-order valence-corrected chi connectivity index (χ0v) is 11.3. The monoisotopic (exact) mass is 224 g/mol. The molecule has 2 fully saturated rings. The van der Waals surface area contributed by atoms with Crippen molar-refractivity contribution in [2.24, 2.45) is 17.3 Å². The Morgan fingerprint density at radius 1 is 1.38 bits per heavy atom. The Kier molecular flexibility index (Phi) is 3.91. The highest BCUT2D eigenvalue weighted by Crippen LogP contribution is 2.51. The quantitative estimate of drug-likeness (QED) is 0.771. The molecule has 2 rings (SSSR count). The van der Waals surface area contributed by atoms with Crippen molar-refractivity contribution < 1.29 is 0 Å². The number of rotatable bonds is 5. The summed E-state index contributed by atoms with van der Waals surface area (Å²) in [6.45, 7) is 9.84. The lowest BCUT2D eigenvalue weighted by molar-refractivity contribution is 0.201. The summed E-state index contributed by atoms with van der Waals surface area (Å²) in [6, 6.07) is 0. The molecule has 1 unspecified atom stereocenters. The first-order valence-electron chi connectivity index (χ1n) is 7.02. The first-order chi connectivity index (χ1) is 7.62. The van der Waals surface area contributed by atoms with E-state index in [9.17, 15) is 0 Å². The van der Waals surface area contributed by atoms with E-state index in [2.05, 4.69) is 31.1 Å². The van der Waals surface area contributed by atoms with Gasteiger partial charge in [-0.2, -0.15) is 0 Å². The van der Waals surface area contributed by atoms with Gasteiger partial charge in [-0.15, -0.1) is 0 Å². The maximum absolute atomic E-state index is 3.73. The molecule has 94 valence electrons. The average Bonchev–Trinajstić information content (AvgIpc) is 2.99. The molecule has 2 aliphatic rings. The van der Waals surface area contributed by atoms with Gasteiger partial charge in [0.2, 0.25) is 0 Å². The lowest BCUT2D eigenvalue weighted by Crippen LogP contribution is -2.39. The summed E-state index contributed by atoms with van der Waals surface area (Å²) >= 11 is 0. The van der Waals surface area contributed by atoms with Crippen LogP contribution in [0.3, 0.4) is 0 Å². The van der Waals surface area contributed by atoms with E-state index in [1.165, 1.54) is 51.9 Å². The largest absolute Gasteiger partial charge is 0.316 e. The Hall–Kier alpha value is -0.0800. The van der Waals surface area contributed by atoms with Crippen LogP contribution < -0.4 is 5.32 Å². The highest BCUT2D eigenvalue weighted by Gasteiger charge is 2.44. The van der Waals surface area contributed by atoms with E-state index in [1.807, 2.05) is 0 Å². The van der Waals surface area contributed by atoms with Crippen LogP contribution in [0.25, 0.3) is 0 Å². The molecule has 2 nitrogen and oxygen atoms in total. The zero-order valence-electron chi connectivity index (χ0n) is 11.3. The van der Waals surface area contributed by atoms with E-state index >= 15 is 0 Å². The first-order valence-corrected chi connectivity index (χ1v) is 7.02. The number of hydrogen-bond acceptors (Lipinski definition) is 2. The SMILES string of the molecule is CC(C)C1(CNCC2CCCN(C)C2)CC1. The zero-order chi connectivity index (χ0) is 11.6. The van der Waals surface area contributed by atoms with Crippen LogP contribution in [-0.2, 0) is 0 Å². The Labute approximate surface area is 101 Å². The molecular weight excluding hydrogens is 196 g/mol. The molecule has 2 heteroatoms. The van der Waals surface area contributed by atoms with Crippen molar-refractivity contribution in [2.75, 3.05) is 33.2 Å². The molecule has 0 radical (unpaired) electrons. The summed E-state index contributed by atoms with van der Waals surface area (Å²) in [5.74, 6) is 1.75. The van der Waals surface area contributed by atoms with Crippen molar-refractivity contribution in [3.8, 4) is 0 Å². The minimum atomic E-state index is 0.667. The van der Waals surface area contributed by atoms with Crippen molar-refractivity contribution in [3.63, 3.8) is 0 Å². The molecule has 1 heterocycles. The van der Waals surface area contributed by atoms with E-state index < -0.39 is 0 Å². The summed E-state index contributed by atoms with van der Waals surface area (Å²) in [7, 11) is 2.25. The number of hydrogen-bond donors (Lipinski definition) is 1. The van der Waals surface area contributed by atoms with Crippen LogP contribution >= 0.6 is 0 Å². The predicted octanol–water partition coefficient (Wildman–Crippen LogP) is 2.35. The fourth-order valence-corrected chi connectivity index (χ4v) is 3.08. The van der Waals surface area contributed by atoms with E-state index in [1.54, 1.807) is 0 Å². The fourth-order valence-electron chi connectivity index (χ4n) is 3.08. The lowest BCUT2D eigenvalue weighted by atomic mass is 9.92. The third-order valence-electron chi connectivity index (χ3n) is 4.75. The number of piperidine rings is 1. The van der Waals surface area contributed by atoms with E-state index in [-0.39, 0.29) is 0 Å². The van der Waals surface area contributed by atoms with Crippen molar-refractivity contribution in [1.82, 2.24) is 10.2 Å². The van der Waals surface area contributed by atoms with Gasteiger partial charge in [0.05, 0.1) is 0 Å². The number of nitrogens with one attached hydrogen (secondary N) is 1. The van der Waals surface area contributed by atoms with Gasteiger partial charge in [-0.05, 0) is 63.1 Å². The second-order valence-corrected chi connectivity index (χ2v) is 6.42. The van der Waals surface area contributed by atoms with Gasteiger partial charge in [0.25, 0.3) is 0 Å². The number of likely N-dealkylation sites (tertiary alicyclic amines) is 1. The molecule has 0 amide bonds. The summed E-state index contributed by atoms with van der Waals surface area (Å²) in [5, 5.41) is 3.73. The molecule has 16 heavy (non-hydrogen) atoms. The van der Waals surface area contributed by atoms with Crippen molar-refractivity contribution in [2.45, 2.75) is 39.5 Å². The molecule has 1 saturated heterocycles. The molecule has 0 bridgehead atoms. The van der Waals surface area contributed by atoms with E-state index in [0.717, 1.165) is 11.8 Å². The molecule has 1 saturated carbocycles. The summed E-state index contributed by atoms with van der Waals surface area (Å²) in [5.41, 5.74) is 0.667. The fraction of sp³-hybridized carbons (Fsp3) is 1.00. The molecule has 0 spiro atoms. The normalized spacial score (nSPS) is 29.6. The van der Waals surface area contributed by atoms with Crippen molar-refractivity contribution >= 4 is 0 Å². The second-order valence-electron chi connectivity index (χ2n) is 6.42. The van der Waals surface area contributed by atoms with E-state index in [0.29, 0.717) is 5.41 Å². The minimum absolute atomic E-state index is 0.667. The second kappa shape index (κ2) is 5.05. The summed E-state index contributed by atoms with van der Waals surface area (Å²) < 4.78 is 0. The van der Waals surface area contributed by atoms with Gasteiger partial charge in [0, 0.05) is 13.1 Å². The van der Waals surface area contributed by atoms with Gasteiger partial charge in [-0.25, -0.2) is 0 Å². The van der Waals surface area contributed by atoms with Crippen molar-refractivity contribution in [1.29, 1.82) is 0 Å². The predicted molar refractivity (Wildman–Crippen MR) is 69.6 cm³/mol. The van der Waals surface area contributed by atoms with Gasteiger partial charge < -0.3 is 10.2 Å². The van der Waals surface area contributed by atoms with Gasteiger partial charge in [-0.3, -0.25) is 0 Å². The molecular formula is C14H28N2. The Bertz CT molecular complexity index is 221. The standard InChI is InChI=1S/C14H28N2/c1-12(2)14(6-7-14)11-15-9-13-5-4-8-16(3)10-13/h12-13,15H,4-11H2,1-3H3. The van der Waals surface area contributed by atoms with Crippen LogP contribution in [0, 0.1) is 17.3 Å². The van der Waals surface area contributed by atoms with Crippen LogP contribution in [0.15, 0.2) is 0 Å². The van der Waals surface area contributed by atoms with E-state index in [4.69, 9.17) is 0 Å². The highest BCUT2D eigenvalue weighted by atomic mass is 15.1. The van der Waals surface area contributed by atoms with Gasteiger partial charge in [0.1, 0.15) is 0 Å². The molecule has 1 N–H and O–H groups in total. The lowest BCUT2D eigenvalue weighted by Gasteiger charge is -2.30. The molecule has 0 aromatic heterocycles. The third kappa shape index (κ3) is 2.98. The average molecular weight is 224 g/mol. The van der Waals surface area contributed by atoms with Crippen LogP contribution in [0.1, 0.15) is 39.5 Å². The molecule has 0 aromatic carbocycles. The summed E-state index contributed by atoms with van der Waals surface area (Å²) in [4.78, 5) is 2.48. The maximum atomic E-state index is 3.73. The van der Waals surface area contributed by atoms with Crippen LogP contribution in [0.4, 0.5) is 0 Å². The minimum Gasteiger partial charge on any atom is -0.316 e. The Morgan fingerprint density at radius 2 is 2.12 bits per heavy atom.